The molecule has 1 heterocycles. The third-order valence-corrected chi connectivity index (χ3v) is 5.15. The van der Waals surface area contributed by atoms with Crippen molar-refractivity contribution in [3.8, 4) is 6.07 Å². The molecule has 2 aromatic rings. The predicted octanol–water partition coefficient (Wildman–Crippen LogP) is 4.06. The summed E-state index contributed by atoms with van der Waals surface area (Å²) in [5, 5.41) is 11.7. The first kappa shape index (κ1) is 18.7. The van der Waals surface area contributed by atoms with E-state index in [0.29, 0.717) is 23.7 Å². The summed E-state index contributed by atoms with van der Waals surface area (Å²) in [5.74, 6) is -0.235. The van der Waals surface area contributed by atoms with Crippen molar-refractivity contribution < 1.29 is 9.59 Å². The molecular formula is C22H23N3O2. The molecule has 0 aliphatic carbocycles. The number of nitrogens with zero attached hydrogens (tertiary/aromatic N) is 2. The van der Waals surface area contributed by atoms with E-state index in [4.69, 9.17) is 5.26 Å². The molecule has 0 saturated carbocycles. The standard InChI is InChI=1S/C22H23N3O2/c1-3-15(2)19-6-4-5-7-20(19)25-14-17(12-21(25)26)22(27)24-18-10-8-16(13-23)9-11-18/h4-11,15,17H,3,12,14H2,1-2H3,(H,24,27). The lowest BCUT2D eigenvalue weighted by Gasteiger charge is -2.23. The molecule has 1 fully saturated rings. The Bertz CT molecular complexity index is 883. The SMILES string of the molecule is CCC(C)c1ccccc1N1CC(C(=O)Nc2ccc(C#N)cc2)CC1=O. The molecule has 0 aromatic heterocycles. The molecule has 27 heavy (non-hydrogen) atoms. The Labute approximate surface area is 159 Å². The average molecular weight is 361 g/mol. The van der Waals surface area contributed by atoms with Crippen LogP contribution in [0.5, 0.6) is 0 Å². The van der Waals surface area contributed by atoms with E-state index in [0.717, 1.165) is 17.7 Å². The smallest absolute Gasteiger partial charge is 0.229 e. The van der Waals surface area contributed by atoms with Gasteiger partial charge in [-0.15, -0.1) is 0 Å². The zero-order valence-corrected chi connectivity index (χ0v) is 15.6. The summed E-state index contributed by atoms with van der Waals surface area (Å²) in [6, 6.07) is 16.7. The molecule has 1 aliphatic heterocycles. The normalized spacial score (nSPS) is 17.4. The molecule has 5 nitrogen and oxygen atoms in total. The molecule has 1 N–H and O–H groups in total. The van der Waals surface area contributed by atoms with Gasteiger partial charge in [-0.3, -0.25) is 9.59 Å². The van der Waals surface area contributed by atoms with Crippen molar-refractivity contribution in [2.45, 2.75) is 32.6 Å². The van der Waals surface area contributed by atoms with E-state index in [1.807, 2.05) is 24.3 Å². The largest absolute Gasteiger partial charge is 0.326 e. The second-order valence-electron chi connectivity index (χ2n) is 6.95. The van der Waals surface area contributed by atoms with Crippen molar-refractivity contribution in [3.05, 3.63) is 59.7 Å². The first-order valence-corrected chi connectivity index (χ1v) is 9.23. The summed E-state index contributed by atoms with van der Waals surface area (Å²) in [6.07, 6.45) is 1.19. The third kappa shape index (κ3) is 4.01. The van der Waals surface area contributed by atoms with Crippen molar-refractivity contribution in [1.82, 2.24) is 0 Å². The highest BCUT2D eigenvalue weighted by molar-refractivity contribution is 6.03. The highest BCUT2D eigenvalue weighted by Crippen LogP contribution is 2.33. The molecule has 3 rings (SSSR count). The van der Waals surface area contributed by atoms with E-state index < -0.39 is 5.92 Å². The molecule has 2 atom stereocenters. The van der Waals surface area contributed by atoms with Crippen LogP contribution < -0.4 is 10.2 Å². The van der Waals surface area contributed by atoms with Gasteiger partial charge in [-0.2, -0.15) is 5.26 Å². The van der Waals surface area contributed by atoms with Crippen LogP contribution in [0.15, 0.2) is 48.5 Å². The molecule has 1 aliphatic rings. The van der Waals surface area contributed by atoms with Crippen LogP contribution >= 0.6 is 0 Å². The van der Waals surface area contributed by atoms with Crippen LogP contribution in [0.25, 0.3) is 0 Å². The van der Waals surface area contributed by atoms with Gasteiger partial charge >= 0.3 is 0 Å². The number of rotatable bonds is 5. The molecule has 0 radical (unpaired) electrons. The van der Waals surface area contributed by atoms with Gasteiger partial charge in [0.15, 0.2) is 0 Å². The fourth-order valence-corrected chi connectivity index (χ4v) is 3.36. The molecule has 138 valence electrons. The summed E-state index contributed by atoms with van der Waals surface area (Å²) in [6.45, 7) is 4.66. The number of anilines is 2. The van der Waals surface area contributed by atoms with E-state index in [1.54, 1.807) is 29.2 Å². The Morgan fingerprint density at radius 2 is 1.96 bits per heavy atom. The highest BCUT2D eigenvalue weighted by Gasteiger charge is 2.36. The second-order valence-corrected chi connectivity index (χ2v) is 6.95. The number of carbonyl (C=O) groups excluding carboxylic acids is 2. The summed E-state index contributed by atoms with van der Waals surface area (Å²) in [5.41, 5.74) is 3.22. The van der Waals surface area contributed by atoms with E-state index in [-0.39, 0.29) is 18.2 Å². The molecule has 5 heteroatoms. The first-order chi connectivity index (χ1) is 13.0. The number of amides is 2. The third-order valence-electron chi connectivity index (χ3n) is 5.15. The van der Waals surface area contributed by atoms with Gasteiger partial charge in [0.25, 0.3) is 0 Å². The fourth-order valence-electron chi connectivity index (χ4n) is 3.36. The maximum atomic E-state index is 12.6. The number of hydrogen-bond donors (Lipinski definition) is 1. The van der Waals surface area contributed by atoms with Crippen LogP contribution in [0.3, 0.4) is 0 Å². The molecule has 2 aromatic carbocycles. The van der Waals surface area contributed by atoms with Gasteiger partial charge in [-0.1, -0.05) is 32.0 Å². The zero-order chi connectivity index (χ0) is 19.4. The van der Waals surface area contributed by atoms with Crippen LogP contribution in [0.1, 0.15) is 43.7 Å². The molecule has 0 spiro atoms. The molecule has 1 saturated heterocycles. The van der Waals surface area contributed by atoms with Gasteiger partial charge in [0.1, 0.15) is 0 Å². The number of nitrogens with one attached hydrogen (secondary N) is 1. The lowest BCUT2D eigenvalue weighted by Crippen LogP contribution is -2.29. The van der Waals surface area contributed by atoms with Crippen LogP contribution in [0.4, 0.5) is 11.4 Å². The Morgan fingerprint density at radius 3 is 2.63 bits per heavy atom. The maximum absolute atomic E-state index is 12.6. The summed E-state index contributed by atoms with van der Waals surface area (Å²) < 4.78 is 0. The van der Waals surface area contributed by atoms with Gasteiger partial charge < -0.3 is 10.2 Å². The van der Waals surface area contributed by atoms with Crippen molar-refractivity contribution in [1.29, 1.82) is 5.26 Å². The number of benzene rings is 2. The summed E-state index contributed by atoms with van der Waals surface area (Å²) in [4.78, 5) is 27.0. The van der Waals surface area contributed by atoms with E-state index in [9.17, 15) is 9.59 Å². The minimum atomic E-state index is -0.391. The van der Waals surface area contributed by atoms with Crippen LogP contribution in [0.2, 0.25) is 0 Å². The van der Waals surface area contributed by atoms with Crippen LogP contribution in [-0.2, 0) is 9.59 Å². The van der Waals surface area contributed by atoms with Gasteiger partial charge in [0.05, 0.1) is 17.6 Å². The minimum absolute atomic E-state index is 0.0225. The molecule has 2 unspecified atom stereocenters. The number of para-hydroxylation sites is 1. The maximum Gasteiger partial charge on any atom is 0.229 e. The number of nitriles is 1. The van der Waals surface area contributed by atoms with Crippen molar-refractivity contribution in [3.63, 3.8) is 0 Å². The van der Waals surface area contributed by atoms with Crippen LogP contribution in [0, 0.1) is 17.2 Å². The van der Waals surface area contributed by atoms with Crippen molar-refractivity contribution in [2.24, 2.45) is 5.92 Å². The minimum Gasteiger partial charge on any atom is -0.326 e. The summed E-state index contributed by atoms with van der Waals surface area (Å²) >= 11 is 0. The fraction of sp³-hybridized carbons (Fsp3) is 0.318. The Kier molecular flexibility index (Phi) is 5.56. The Balaban J connectivity index is 1.73. The van der Waals surface area contributed by atoms with Crippen LogP contribution in [-0.4, -0.2) is 18.4 Å². The lowest BCUT2D eigenvalue weighted by molar-refractivity contribution is -0.122. The molecular weight excluding hydrogens is 338 g/mol. The van der Waals surface area contributed by atoms with Crippen molar-refractivity contribution in [2.75, 3.05) is 16.8 Å². The van der Waals surface area contributed by atoms with Gasteiger partial charge in [-0.05, 0) is 48.2 Å². The lowest BCUT2D eigenvalue weighted by atomic mass is 9.96. The Morgan fingerprint density at radius 1 is 1.26 bits per heavy atom. The zero-order valence-electron chi connectivity index (χ0n) is 15.6. The van der Waals surface area contributed by atoms with Gasteiger partial charge in [0.2, 0.25) is 11.8 Å². The van der Waals surface area contributed by atoms with E-state index in [2.05, 4.69) is 25.2 Å². The van der Waals surface area contributed by atoms with E-state index >= 15 is 0 Å². The topological polar surface area (TPSA) is 73.2 Å². The Hall–Kier alpha value is -3.13. The second kappa shape index (κ2) is 8.05. The average Bonchev–Trinajstić information content (AvgIpc) is 3.09. The van der Waals surface area contributed by atoms with Gasteiger partial charge in [0, 0.05) is 24.3 Å². The first-order valence-electron chi connectivity index (χ1n) is 9.23. The number of hydrogen-bond acceptors (Lipinski definition) is 3. The van der Waals surface area contributed by atoms with Gasteiger partial charge in [-0.25, -0.2) is 0 Å². The van der Waals surface area contributed by atoms with E-state index in [1.165, 1.54) is 0 Å². The predicted molar refractivity (Wildman–Crippen MR) is 105 cm³/mol. The number of carbonyl (C=O) groups is 2. The summed E-state index contributed by atoms with van der Waals surface area (Å²) in [7, 11) is 0. The highest BCUT2D eigenvalue weighted by atomic mass is 16.2. The molecule has 0 bridgehead atoms. The van der Waals surface area contributed by atoms with Crippen molar-refractivity contribution >= 4 is 23.2 Å². The monoisotopic (exact) mass is 361 g/mol. The molecule has 2 amide bonds. The quantitative estimate of drug-likeness (QED) is 0.873.